The number of benzene rings is 2. The third-order valence-electron chi connectivity index (χ3n) is 5.18. The van der Waals surface area contributed by atoms with Crippen LogP contribution in [-0.2, 0) is 4.79 Å². The average molecular weight is 396 g/mol. The van der Waals surface area contributed by atoms with Gasteiger partial charge in [-0.05, 0) is 56.1 Å². The van der Waals surface area contributed by atoms with E-state index in [9.17, 15) is 4.79 Å². The summed E-state index contributed by atoms with van der Waals surface area (Å²) >= 11 is 1.74. The Balaban J connectivity index is 1.50. The first-order valence-corrected chi connectivity index (χ1v) is 10.5. The van der Waals surface area contributed by atoms with Crippen molar-refractivity contribution in [3.05, 3.63) is 53.0 Å². The van der Waals surface area contributed by atoms with Gasteiger partial charge in [-0.15, -0.1) is 11.3 Å². The van der Waals surface area contributed by atoms with Gasteiger partial charge in [0, 0.05) is 0 Å². The van der Waals surface area contributed by atoms with E-state index in [0.717, 1.165) is 41.2 Å². The van der Waals surface area contributed by atoms with E-state index in [1.54, 1.807) is 18.4 Å². The Morgan fingerprint density at radius 2 is 2.14 bits per heavy atom. The number of fused-ring (bicyclic) bond motifs is 1. The van der Waals surface area contributed by atoms with E-state index in [-0.39, 0.29) is 11.9 Å². The molecule has 6 heteroatoms. The van der Waals surface area contributed by atoms with Crippen molar-refractivity contribution in [3.8, 4) is 5.75 Å². The lowest BCUT2D eigenvalue weighted by molar-refractivity contribution is -0.118. The van der Waals surface area contributed by atoms with Crippen molar-refractivity contribution in [2.45, 2.75) is 32.2 Å². The number of piperidine rings is 1. The predicted molar refractivity (Wildman–Crippen MR) is 114 cm³/mol. The molecule has 1 atom stereocenters. The molecule has 146 valence electrons. The van der Waals surface area contributed by atoms with Crippen LogP contribution in [-0.4, -0.2) is 36.0 Å². The maximum atomic E-state index is 12.8. The van der Waals surface area contributed by atoms with Crippen molar-refractivity contribution >= 4 is 33.1 Å². The maximum Gasteiger partial charge on any atom is 0.238 e. The van der Waals surface area contributed by atoms with Crippen molar-refractivity contribution in [3.63, 3.8) is 0 Å². The van der Waals surface area contributed by atoms with Gasteiger partial charge in [0.2, 0.25) is 5.91 Å². The Kier molecular flexibility index (Phi) is 5.59. The number of methoxy groups -OCH3 is 1. The number of rotatable bonds is 5. The molecule has 1 aromatic heterocycles. The molecule has 28 heavy (non-hydrogen) atoms. The Labute approximate surface area is 169 Å². The van der Waals surface area contributed by atoms with Gasteiger partial charge in [0.25, 0.3) is 0 Å². The van der Waals surface area contributed by atoms with Crippen LogP contribution in [0, 0.1) is 6.92 Å². The van der Waals surface area contributed by atoms with Gasteiger partial charge < -0.3 is 10.1 Å². The van der Waals surface area contributed by atoms with Gasteiger partial charge in [-0.25, -0.2) is 4.98 Å². The summed E-state index contributed by atoms with van der Waals surface area (Å²) in [4.78, 5) is 19.9. The van der Waals surface area contributed by atoms with Crippen molar-refractivity contribution < 1.29 is 9.53 Å². The van der Waals surface area contributed by atoms with Gasteiger partial charge in [0.1, 0.15) is 10.8 Å². The van der Waals surface area contributed by atoms with Crippen molar-refractivity contribution in [1.29, 1.82) is 0 Å². The van der Waals surface area contributed by atoms with E-state index in [0.29, 0.717) is 12.3 Å². The molecule has 4 rings (SSSR count). The second-order valence-corrected chi connectivity index (χ2v) is 8.32. The van der Waals surface area contributed by atoms with E-state index in [1.807, 2.05) is 37.3 Å². The molecule has 0 radical (unpaired) electrons. The Bertz CT molecular complexity index is 952. The molecule has 0 unspecified atom stereocenters. The monoisotopic (exact) mass is 395 g/mol. The summed E-state index contributed by atoms with van der Waals surface area (Å²) in [5, 5.41) is 4.14. The summed E-state index contributed by atoms with van der Waals surface area (Å²) in [5.74, 6) is 0.664. The molecule has 2 aromatic carbocycles. The minimum absolute atomic E-state index is 0.0167. The third-order valence-corrected chi connectivity index (χ3v) is 6.32. The standard InChI is InChI=1S/C22H25N3O2S/c1-15-10-11-19(27-2)17(13-15)23-21(26)14-25-12-6-5-8-18(25)22-24-16-7-3-4-9-20(16)28-22/h3-4,7,9-11,13,18H,5-6,8,12,14H2,1-2H3,(H,23,26)/t18-/m0/s1. The smallest absolute Gasteiger partial charge is 0.238 e. The number of carbonyl (C=O) groups is 1. The quantitative estimate of drug-likeness (QED) is 0.675. The molecular weight excluding hydrogens is 370 g/mol. The predicted octanol–water partition coefficient (Wildman–Crippen LogP) is 4.78. The zero-order valence-electron chi connectivity index (χ0n) is 16.3. The topological polar surface area (TPSA) is 54.5 Å². The normalized spacial score (nSPS) is 17.6. The van der Waals surface area contributed by atoms with Gasteiger partial charge in [0.05, 0.1) is 35.6 Å². The van der Waals surface area contributed by atoms with Crippen LogP contribution in [0.3, 0.4) is 0 Å². The van der Waals surface area contributed by atoms with Crippen LogP contribution in [0.1, 0.15) is 35.9 Å². The molecular formula is C22H25N3O2S. The molecule has 1 saturated heterocycles. The fourth-order valence-corrected chi connectivity index (χ4v) is 4.92. The number of nitrogens with one attached hydrogen (secondary N) is 1. The van der Waals surface area contributed by atoms with Crippen molar-refractivity contribution in [2.24, 2.45) is 0 Å². The Morgan fingerprint density at radius 1 is 1.29 bits per heavy atom. The van der Waals surface area contributed by atoms with Gasteiger partial charge in [-0.1, -0.05) is 24.6 Å². The number of hydrogen-bond donors (Lipinski definition) is 1. The Hall–Kier alpha value is -2.44. The number of aromatic nitrogens is 1. The highest BCUT2D eigenvalue weighted by atomic mass is 32.1. The minimum Gasteiger partial charge on any atom is -0.495 e. The zero-order chi connectivity index (χ0) is 19.5. The van der Waals surface area contributed by atoms with Crippen LogP contribution in [0.5, 0.6) is 5.75 Å². The average Bonchev–Trinajstić information content (AvgIpc) is 3.12. The molecule has 0 spiro atoms. The first-order valence-electron chi connectivity index (χ1n) is 9.68. The van der Waals surface area contributed by atoms with Crippen molar-refractivity contribution in [2.75, 3.05) is 25.5 Å². The molecule has 3 aromatic rings. The molecule has 0 aliphatic carbocycles. The zero-order valence-corrected chi connectivity index (χ0v) is 17.1. The Morgan fingerprint density at radius 3 is 2.96 bits per heavy atom. The molecule has 0 bridgehead atoms. The summed E-state index contributed by atoms with van der Waals surface area (Å²) in [6, 6.07) is 14.2. The number of carbonyl (C=O) groups excluding carboxylic acids is 1. The lowest BCUT2D eigenvalue weighted by Gasteiger charge is -2.33. The van der Waals surface area contributed by atoms with E-state index < -0.39 is 0 Å². The van der Waals surface area contributed by atoms with Gasteiger partial charge in [0.15, 0.2) is 0 Å². The lowest BCUT2D eigenvalue weighted by Crippen LogP contribution is -2.39. The molecule has 1 aliphatic heterocycles. The number of thiazole rings is 1. The van der Waals surface area contributed by atoms with E-state index in [1.165, 1.54) is 11.1 Å². The summed E-state index contributed by atoms with van der Waals surface area (Å²) in [7, 11) is 1.62. The third kappa shape index (κ3) is 4.03. The molecule has 0 saturated carbocycles. The fourth-order valence-electron chi connectivity index (χ4n) is 3.79. The van der Waals surface area contributed by atoms with Crippen molar-refractivity contribution in [1.82, 2.24) is 9.88 Å². The van der Waals surface area contributed by atoms with Crippen LogP contribution in [0.15, 0.2) is 42.5 Å². The lowest BCUT2D eigenvalue weighted by atomic mass is 10.0. The summed E-state index contributed by atoms with van der Waals surface area (Å²) in [6.45, 7) is 3.28. The number of para-hydroxylation sites is 1. The molecule has 5 nitrogen and oxygen atoms in total. The summed E-state index contributed by atoms with van der Waals surface area (Å²) < 4.78 is 6.58. The van der Waals surface area contributed by atoms with E-state index in [2.05, 4.69) is 22.3 Å². The number of ether oxygens (including phenoxy) is 1. The van der Waals surface area contributed by atoms with Crippen LogP contribution >= 0.6 is 11.3 Å². The molecule has 1 amide bonds. The van der Waals surface area contributed by atoms with E-state index in [4.69, 9.17) is 9.72 Å². The fraction of sp³-hybridized carbons (Fsp3) is 0.364. The first-order chi connectivity index (χ1) is 13.6. The highest BCUT2D eigenvalue weighted by Crippen LogP contribution is 2.35. The second kappa shape index (κ2) is 8.29. The highest BCUT2D eigenvalue weighted by Gasteiger charge is 2.28. The van der Waals surface area contributed by atoms with Crippen LogP contribution in [0.2, 0.25) is 0 Å². The molecule has 1 fully saturated rings. The highest BCUT2D eigenvalue weighted by molar-refractivity contribution is 7.18. The second-order valence-electron chi connectivity index (χ2n) is 7.25. The summed E-state index contributed by atoms with van der Waals surface area (Å²) in [5.41, 5.74) is 2.85. The number of aryl methyl sites for hydroxylation is 1. The number of amides is 1. The van der Waals surface area contributed by atoms with E-state index >= 15 is 0 Å². The van der Waals surface area contributed by atoms with Crippen LogP contribution < -0.4 is 10.1 Å². The number of likely N-dealkylation sites (tertiary alicyclic amines) is 1. The van der Waals surface area contributed by atoms with Crippen LogP contribution in [0.25, 0.3) is 10.2 Å². The minimum atomic E-state index is -0.0167. The van der Waals surface area contributed by atoms with Crippen LogP contribution in [0.4, 0.5) is 5.69 Å². The maximum absolute atomic E-state index is 12.8. The SMILES string of the molecule is COc1ccc(C)cc1NC(=O)CN1CCCC[C@H]1c1nc2ccccc2s1. The van der Waals surface area contributed by atoms with Gasteiger partial charge >= 0.3 is 0 Å². The molecule has 1 aliphatic rings. The first kappa shape index (κ1) is 18.9. The van der Waals surface area contributed by atoms with Gasteiger partial charge in [-0.3, -0.25) is 9.69 Å². The summed E-state index contributed by atoms with van der Waals surface area (Å²) in [6.07, 6.45) is 3.33. The number of nitrogens with zero attached hydrogens (tertiary/aromatic N) is 2. The molecule has 2 heterocycles. The number of anilines is 1. The van der Waals surface area contributed by atoms with Gasteiger partial charge in [-0.2, -0.15) is 0 Å². The number of hydrogen-bond acceptors (Lipinski definition) is 5. The largest absolute Gasteiger partial charge is 0.495 e. The molecule has 1 N–H and O–H groups in total.